The molecule has 0 spiro atoms. The van der Waals surface area contributed by atoms with Gasteiger partial charge >= 0.3 is 0 Å². The third-order valence-electron chi connectivity index (χ3n) is 2.51. The summed E-state index contributed by atoms with van der Waals surface area (Å²) < 4.78 is 0. The largest absolute Gasteiger partial charge is 0.370 e. The van der Waals surface area contributed by atoms with Crippen LogP contribution >= 0.6 is 24.0 Å². The van der Waals surface area contributed by atoms with Crippen LogP contribution in [-0.2, 0) is 6.42 Å². The number of benzene rings is 1. The summed E-state index contributed by atoms with van der Waals surface area (Å²) in [5, 5.41) is 3.13. The summed E-state index contributed by atoms with van der Waals surface area (Å²) >= 11 is 0. The summed E-state index contributed by atoms with van der Waals surface area (Å²) in [4.78, 5) is 4.19. The molecule has 0 aromatic heterocycles. The van der Waals surface area contributed by atoms with Gasteiger partial charge in [-0.25, -0.2) is 0 Å². The second kappa shape index (κ2) is 9.19. The lowest BCUT2D eigenvalue weighted by Gasteiger charge is -2.07. The van der Waals surface area contributed by atoms with Crippen LogP contribution in [0.5, 0.6) is 0 Å². The van der Waals surface area contributed by atoms with Crippen molar-refractivity contribution < 1.29 is 0 Å². The average Bonchev–Trinajstić information content (AvgIpc) is 2.25. The van der Waals surface area contributed by atoms with Gasteiger partial charge in [0, 0.05) is 13.1 Å². The Morgan fingerprint density at radius 1 is 1.22 bits per heavy atom. The van der Waals surface area contributed by atoms with E-state index < -0.39 is 0 Å². The lowest BCUT2D eigenvalue weighted by Crippen LogP contribution is -2.33. The monoisotopic (exact) mass is 361 g/mol. The van der Waals surface area contributed by atoms with Gasteiger partial charge in [0.2, 0.25) is 0 Å². The molecule has 4 heteroatoms. The van der Waals surface area contributed by atoms with Crippen LogP contribution in [0.25, 0.3) is 0 Å². The first kappa shape index (κ1) is 17.2. The molecule has 0 unspecified atom stereocenters. The summed E-state index contributed by atoms with van der Waals surface area (Å²) in [5.74, 6) is 0.552. The Morgan fingerprint density at radius 2 is 1.83 bits per heavy atom. The molecule has 1 aromatic carbocycles. The highest BCUT2D eigenvalue weighted by atomic mass is 127. The third kappa shape index (κ3) is 6.83. The van der Waals surface area contributed by atoms with E-state index in [-0.39, 0.29) is 24.0 Å². The van der Waals surface area contributed by atoms with E-state index in [1.807, 2.05) is 0 Å². The molecule has 0 aliphatic rings. The van der Waals surface area contributed by atoms with Crippen LogP contribution in [0, 0.1) is 13.8 Å². The molecule has 3 N–H and O–H groups in total. The van der Waals surface area contributed by atoms with E-state index in [2.05, 4.69) is 49.3 Å². The van der Waals surface area contributed by atoms with Crippen LogP contribution in [0.15, 0.2) is 23.2 Å². The van der Waals surface area contributed by atoms with E-state index in [1.54, 1.807) is 0 Å². The first-order valence-electron chi connectivity index (χ1n) is 6.22. The fourth-order valence-corrected chi connectivity index (χ4v) is 1.84. The number of aryl methyl sites for hydroxylation is 2. The van der Waals surface area contributed by atoms with Crippen LogP contribution in [0.2, 0.25) is 0 Å². The number of hydrogen-bond donors (Lipinski definition) is 2. The van der Waals surface area contributed by atoms with Crippen molar-refractivity contribution in [2.75, 3.05) is 13.1 Å². The van der Waals surface area contributed by atoms with Crippen molar-refractivity contribution in [1.82, 2.24) is 5.32 Å². The molecule has 3 nitrogen and oxygen atoms in total. The summed E-state index contributed by atoms with van der Waals surface area (Å²) in [6, 6.07) is 6.62. The lowest BCUT2D eigenvalue weighted by molar-refractivity contribution is 0.838. The number of rotatable bonds is 5. The van der Waals surface area contributed by atoms with Crippen LogP contribution in [0.1, 0.15) is 30.0 Å². The Labute approximate surface area is 127 Å². The quantitative estimate of drug-likeness (QED) is 0.481. The summed E-state index contributed by atoms with van der Waals surface area (Å²) in [5.41, 5.74) is 9.69. The number of guanidine groups is 1. The van der Waals surface area contributed by atoms with E-state index in [9.17, 15) is 0 Å². The zero-order chi connectivity index (χ0) is 12.7. The number of nitrogens with one attached hydrogen (secondary N) is 1. The SMILES string of the molecule is CCCN=C(N)NCCc1cc(C)cc(C)c1.I. The minimum absolute atomic E-state index is 0. The number of halogens is 1. The van der Waals surface area contributed by atoms with Crippen LogP contribution in [0.3, 0.4) is 0 Å². The standard InChI is InChI=1S/C14H23N3.HI/c1-4-6-16-14(15)17-7-5-13-9-11(2)8-12(3)10-13;/h8-10H,4-7H2,1-3H3,(H3,15,16,17);1H. The molecular weight excluding hydrogens is 337 g/mol. The Morgan fingerprint density at radius 3 is 2.39 bits per heavy atom. The zero-order valence-electron chi connectivity index (χ0n) is 11.5. The van der Waals surface area contributed by atoms with E-state index in [0.29, 0.717) is 5.96 Å². The van der Waals surface area contributed by atoms with Gasteiger partial charge in [0.05, 0.1) is 0 Å². The summed E-state index contributed by atoms with van der Waals surface area (Å²) in [7, 11) is 0. The maximum Gasteiger partial charge on any atom is 0.188 e. The molecule has 0 saturated heterocycles. The van der Waals surface area contributed by atoms with Gasteiger partial charge in [-0.2, -0.15) is 0 Å². The topological polar surface area (TPSA) is 50.4 Å². The van der Waals surface area contributed by atoms with Gasteiger partial charge in [-0.1, -0.05) is 36.2 Å². The van der Waals surface area contributed by atoms with Gasteiger partial charge in [-0.05, 0) is 32.3 Å². The molecule has 0 saturated carbocycles. The second-order valence-corrected chi connectivity index (χ2v) is 4.44. The van der Waals surface area contributed by atoms with Crippen molar-refractivity contribution in [1.29, 1.82) is 0 Å². The molecule has 18 heavy (non-hydrogen) atoms. The molecule has 1 aromatic rings. The van der Waals surface area contributed by atoms with E-state index >= 15 is 0 Å². The van der Waals surface area contributed by atoms with Crippen LogP contribution in [-0.4, -0.2) is 19.0 Å². The number of hydrogen-bond acceptors (Lipinski definition) is 1. The molecule has 102 valence electrons. The number of nitrogens with two attached hydrogens (primary N) is 1. The maximum absolute atomic E-state index is 5.72. The molecule has 0 fully saturated rings. The predicted octanol–water partition coefficient (Wildman–Crippen LogP) is 2.78. The Kier molecular flexibility index (Phi) is 8.79. The highest BCUT2D eigenvalue weighted by Crippen LogP contribution is 2.08. The molecule has 0 heterocycles. The van der Waals surface area contributed by atoms with Crippen LogP contribution in [0.4, 0.5) is 0 Å². The fourth-order valence-electron chi connectivity index (χ4n) is 1.84. The van der Waals surface area contributed by atoms with E-state index in [4.69, 9.17) is 5.73 Å². The van der Waals surface area contributed by atoms with E-state index in [1.165, 1.54) is 16.7 Å². The Hall–Kier alpha value is -0.780. The molecule has 0 amide bonds. The van der Waals surface area contributed by atoms with Crippen LogP contribution < -0.4 is 11.1 Å². The molecule has 0 bridgehead atoms. The van der Waals surface area contributed by atoms with Crippen molar-refractivity contribution in [3.63, 3.8) is 0 Å². The third-order valence-corrected chi connectivity index (χ3v) is 2.51. The lowest BCUT2D eigenvalue weighted by atomic mass is 10.1. The van der Waals surface area contributed by atoms with Crippen molar-refractivity contribution in [3.05, 3.63) is 34.9 Å². The predicted molar refractivity (Wildman–Crippen MR) is 89.8 cm³/mol. The van der Waals surface area contributed by atoms with Crippen molar-refractivity contribution in [3.8, 4) is 0 Å². The van der Waals surface area contributed by atoms with Gasteiger partial charge in [-0.15, -0.1) is 24.0 Å². The summed E-state index contributed by atoms with van der Waals surface area (Å²) in [6.07, 6.45) is 2.00. The fraction of sp³-hybridized carbons (Fsp3) is 0.500. The molecular formula is C14H24IN3. The molecule has 0 radical (unpaired) electrons. The van der Waals surface area contributed by atoms with Gasteiger partial charge in [0.25, 0.3) is 0 Å². The molecule has 0 atom stereocenters. The van der Waals surface area contributed by atoms with Gasteiger partial charge in [0.15, 0.2) is 5.96 Å². The minimum Gasteiger partial charge on any atom is -0.370 e. The van der Waals surface area contributed by atoms with Gasteiger partial charge in [-0.3, -0.25) is 4.99 Å². The highest BCUT2D eigenvalue weighted by Gasteiger charge is 1.97. The minimum atomic E-state index is 0. The molecule has 0 aliphatic carbocycles. The first-order valence-corrected chi connectivity index (χ1v) is 6.22. The normalized spacial score (nSPS) is 10.9. The molecule has 0 aliphatic heterocycles. The zero-order valence-corrected chi connectivity index (χ0v) is 13.8. The number of aliphatic imine (C=N–C) groups is 1. The highest BCUT2D eigenvalue weighted by molar-refractivity contribution is 14.0. The number of nitrogens with zero attached hydrogens (tertiary/aromatic N) is 1. The summed E-state index contributed by atoms with van der Waals surface area (Å²) in [6.45, 7) is 7.97. The maximum atomic E-state index is 5.72. The Bertz CT molecular complexity index is 368. The van der Waals surface area contributed by atoms with Crippen molar-refractivity contribution >= 4 is 29.9 Å². The van der Waals surface area contributed by atoms with Gasteiger partial charge < -0.3 is 11.1 Å². The van der Waals surface area contributed by atoms with Crippen molar-refractivity contribution in [2.24, 2.45) is 10.7 Å². The molecule has 1 rings (SSSR count). The van der Waals surface area contributed by atoms with E-state index in [0.717, 1.165) is 25.9 Å². The van der Waals surface area contributed by atoms with Crippen molar-refractivity contribution in [2.45, 2.75) is 33.6 Å². The first-order chi connectivity index (χ1) is 8.11. The second-order valence-electron chi connectivity index (χ2n) is 4.44. The van der Waals surface area contributed by atoms with Gasteiger partial charge in [0.1, 0.15) is 0 Å². The average molecular weight is 361 g/mol. The smallest absolute Gasteiger partial charge is 0.188 e. The Balaban J connectivity index is 0.00000289.